The molecule has 0 saturated carbocycles. The minimum absolute atomic E-state index is 0.0151. The average Bonchev–Trinajstić information content (AvgIpc) is 3.43. The van der Waals surface area contributed by atoms with Gasteiger partial charge in [-0.2, -0.15) is 0 Å². The Morgan fingerprint density at radius 1 is 1.13 bits per heavy atom. The van der Waals surface area contributed by atoms with Crippen molar-refractivity contribution >= 4 is 17.7 Å². The van der Waals surface area contributed by atoms with E-state index < -0.39 is 0 Å². The van der Waals surface area contributed by atoms with Crippen LogP contribution in [0.25, 0.3) is 17.1 Å². The highest BCUT2D eigenvalue weighted by Gasteiger charge is 2.19. The zero-order valence-electron chi connectivity index (χ0n) is 16.7. The van der Waals surface area contributed by atoms with E-state index in [9.17, 15) is 4.79 Å². The summed E-state index contributed by atoms with van der Waals surface area (Å²) in [5, 5.41) is 9.43. The summed E-state index contributed by atoms with van der Waals surface area (Å²) in [5.74, 6) is 1.67. The fraction of sp³-hybridized carbons (Fsp3) is 0.182. The number of hydrogen-bond donors (Lipinski definition) is 0. The van der Waals surface area contributed by atoms with Crippen molar-refractivity contribution in [3.05, 3.63) is 78.5 Å². The lowest BCUT2D eigenvalue weighted by Crippen LogP contribution is -2.27. The first kappa shape index (κ1) is 19.9. The fourth-order valence-corrected chi connectivity index (χ4v) is 3.92. The van der Waals surface area contributed by atoms with Crippen molar-refractivity contribution < 1.29 is 9.21 Å². The van der Waals surface area contributed by atoms with E-state index >= 15 is 0 Å². The molecule has 0 unspecified atom stereocenters. The summed E-state index contributed by atoms with van der Waals surface area (Å²) in [5.41, 5.74) is 2.92. The van der Waals surface area contributed by atoms with Gasteiger partial charge in [0, 0.05) is 25.0 Å². The molecule has 3 heterocycles. The van der Waals surface area contributed by atoms with Crippen molar-refractivity contribution in [3.8, 4) is 17.1 Å². The van der Waals surface area contributed by atoms with Crippen LogP contribution in [0.4, 0.5) is 0 Å². The lowest BCUT2D eigenvalue weighted by molar-refractivity contribution is -0.127. The molecule has 4 rings (SSSR count). The van der Waals surface area contributed by atoms with Gasteiger partial charge in [-0.25, -0.2) is 0 Å². The zero-order chi connectivity index (χ0) is 20.9. The quantitative estimate of drug-likeness (QED) is 0.422. The topological polar surface area (TPSA) is 77.0 Å². The van der Waals surface area contributed by atoms with E-state index in [1.807, 2.05) is 60.0 Å². The number of furan rings is 1. The van der Waals surface area contributed by atoms with Gasteiger partial charge in [-0.3, -0.25) is 14.3 Å². The molecule has 0 aliphatic rings. The summed E-state index contributed by atoms with van der Waals surface area (Å²) >= 11 is 1.36. The zero-order valence-corrected chi connectivity index (χ0v) is 17.5. The number of para-hydroxylation sites is 1. The fourth-order valence-electron chi connectivity index (χ4n) is 3.04. The first-order valence-electron chi connectivity index (χ1n) is 9.44. The molecule has 152 valence electrons. The van der Waals surface area contributed by atoms with Crippen LogP contribution in [0.5, 0.6) is 0 Å². The lowest BCUT2D eigenvalue weighted by atomic mass is 10.2. The van der Waals surface area contributed by atoms with Crippen molar-refractivity contribution in [1.82, 2.24) is 24.6 Å². The second-order valence-corrected chi connectivity index (χ2v) is 7.73. The summed E-state index contributed by atoms with van der Waals surface area (Å²) in [6.07, 6.45) is 5.09. The van der Waals surface area contributed by atoms with Crippen molar-refractivity contribution in [2.75, 3.05) is 12.8 Å². The third kappa shape index (κ3) is 4.28. The summed E-state index contributed by atoms with van der Waals surface area (Å²) in [7, 11) is 1.76. The Morgan fingerprint density at radius 2 is 2.00 bits per heavy atom. The van der Waals surface area contributed by atoms with Crippen LogP contribution in [0.15, 0.2) is 76.8 Å². The number of benzene rings is 1. The van der Waals surface area contributed by atoms with Crippen LogP contribution in [0.1, 0.15) is 11.3 Å². The Balaban J connectivity index is 1.60. The van der Waals surface area contributed by atoms with Gasteiger partial charge in [0.25, 0.3) is 0 Å². The molecule has 4 aromatic rings. The Labute approximate surface area is 178 Å². The second-order valence-electron chi connectivity index (χ2n) is 6.79. The van der Waals surface area contributed by atoms with Crippen LogP contribution >= 0.6 is 11.8 Å². The van der Waals surface area contributed by atoms with E-state index in [0.717, 1.165) is 22.6 Å². The maximum Gasteiger partial charge on any atom is 0.233 e. The van der Waals surface area contributed by atoms with Crippen LogP contribution in [0, 0.1) is 6.92 Å². The van der Waals surface area contributed by atoms with Gasteiger partial charge in [0.2, 0.25) is 5.91 Å². The number of nitrogens with zero attached hydrogens (tertiary/aromatic N) is 5. The maximum absolute atomic E-state index is 12.6. The predicted octanol–water partition coefficient (Wildman–Crippen LogP) is 3.98. The first-order valence-corrected chi connectivity index (χ1v) is 10.4. The second kappa shape index (κ2) is 8.96. The van der Waals surface area contributed by atoms with Gasteiger partial charge in [-0.1, -0.05) is 30.0 Å². The van der Waals surface area contributed by atoms with Crippen LogP contribution in [-0.4, -0.2) is 43.4 Å². The molecule has 0 aliphatic carbocycles. The molecule has 0 atom stereocenters. The number of rotatable bonds is 7. The van der Waals surface area contributed by atoms with E-state index in [-0.39, 0.29) is 11.7 Å². The molecule has 0 fully saturated rings. The third-order valence-electron chi connectivity index (χ3n) is 4.63. The molecule has 0 spiro atoms. The number of pyridine rings is 1. The largest absolute Gasteiger partial charge is 0.467 e. The molecule has 0 aliphatic heterocycles. The maximum atomic E-state index is 12.6. The van der Waals surface area contributed by atoms with E-state index in [2.05, 4.69) is 15.2 Å². The van der Waals surface area contributed by atoms with Crippen LogP contribution in [-0.2, 0) is 11.3 Å². The summed E-state index contributed by atoms with van der Waals surface area (Å²) in [4.78, 5) is 18.5. The number of amides is 1. The molecular weight excluding hydrogens is 398 g/mol. The highest BCUT2D eigenvalue weighted by Crippen LogP contribution is 2.29. The molecule has 0 radical (unpaired) electrons. The Morgan fingerprint density at radius 3 is 2.73 bits per heavy atom. The number of thioether (sulfide) groups is 1. The summed E-state index contributed by atoms with van der Waals surface area (Å²) < 4.78 is 7.31. The van der Waals surface area contributed by atoms with Crippen molar-refractivity contribution in [1.29, 1.82) is 0 Å². The minimum Gasteiger partial charge on any atom is -0.467 e. The molecule has 3 aromatic heterocycles. The van der Waals surface area contributed by atoms with E-state index in [4.69, 9.17) is 4.42 Å². The molecule has 1 aromatic carbocycles. The van der Waals surface area contributed by atoms with Gasteiger partial charge in [-0.05, 0) is 42.8 Å². The third-order valence-corrected chi connectivity index (χ3v) is 5.55. The van der Waals surface area contributed by atoms with Gasteiger partial charge < -0.3 is 9.32 Å². The monoisotopic (exact) mass is 419 g/mol. The van der Waals surface area contributed by atoms with Crippen LogP contribution in [0.2, 0.25) is 0 Å². The lowest BCUT2D eigenvalue weighted by Gasteiger charge is -2.16. The van der Waals surface area contributed by atoms with Gasteiger partial charge in [0.05, 0.1) is 24.2 Å². The SMILES string of the molecule is Cc1ccccc1-n1c(SCC(=O)N(C)Cc2ccco2)nnc1-c1cccnc1. The molecule has 0 bridgehead atoms. The molecule has 7 nitrogen and oxygen atoms in total. The van der Waals surface area contributed by atoms with E-state index in [1.54, 1.807) is 30.6 Å². The number of aromatic nitrogens is 4. The van der Waals surface area contributed by atoms with E-state index in [0.29, 0.717) is 17.5 Å². The van der Waals surface area contributed by atoms with Crippen LogP contribution in [0.3, 0.4) is 0 Å². The highest BCUT2D eigenvalue weighted by molar-refractivity contribution is 7.99. The molecule has 0 saturated heterocycles. The number of carbonyl (C=O) groups is 1. The summed E-state index contributed by atoms with van der Waals surface area (Å²) in [6.45, 7) is 2.47. The van der Waals surface area contributed by atoms with Crippen molar-refractivity contribution in [2.45, 2.75) is 18.6 Å². The number of hydrogen-bond acceptors (Lipinski definition) is 6. The molecular formula is C22H21N5O2S. The van der Waals surface area contributed by atoms with Crippen molar-refractivity contribution in [3.63, 3.8) is 0 Å². The molecule has 8 heteroatoms. The van der Waals surface area contributed by atoms with Gasteiger partial charge in [0.1, 0.15) is 5.76 Å². The molecule has 0 N–H and O–H groups in total. The Kier molecular flexibility index (Phi) is 5.94. The number of aryl methyl sites for hydroxylation is 1. The normalized spacial score (nSPS) is 10.9. The minimum atomic E-state index is -0.0151. The van der Waals surface area contributed by atoms with Gasteiger partial charge in [-0.15, -0.1) is 10.2 Å². The Bertz CT molecular complexity index is 1130. The highest BCUT2D eigenvalue weighted by atomic mass is 32.2. The first-order chi connectivity index (χ1) is 14.6. The van der Waals surface area contributed by atoms with E-state index in [1.165, 1.54) is 11.8 Å². The van der Waals surface area contributed by atoms with Gasteiger partial charge >= 0.3 is 0 Å². The average molecular weight is 420 g/mol. The standard InChI is InChI=1S/C22H21N5O2S/c1-16-7-3-4-10-19(16)27-21(17-8-5-11-23-13-17)24-25-22(27)30-15-20(28)26(2)14-18-9-6-12-29-18/h3-13H,14-15H2,1-2H3. The molecule has 30 heavy (non-hydrogen) atoms. The predicted molar refractivity (Wildman–Crippen MR) is 115 cm³/mol. The smallest absolute Gasteiger partial charge is 0.233 e. The summed E-state index contributed by atoms with van der Waals surface area (Å²) in [6, 6.07) is 15.5. The Hall–Kier alpha value is -3.39. The van der Waals surface area contributed by atoms with Crippen molar-refractivity contribution in [2.24, 2.45) is 0 Å². The molecule has 1 amide bonds. The van der Waals surface area contributed by atoms with Crippen LogP contribution < -0.4 is 0 Å². The number of carbonyl (C=O) groups excluding carboxylic acids is 1. The van der Waals surface area contributed by atoms with Gasteiger partial charge in [0.15, 0.2) is 11.0 Å².